The number of esters is 1. The molecule has 2 aromatic carbocycles. The average Bonchev–Trinajstić information content (AvgIpc) is 2.96. The van der Waals surface area contributed by atoms with Crippen molar-refractivity contribution in [2.75, 3.05) is 0 Å². The number of aryl methyl sites for hydroxylation is 2. The summed E-state index contributed by atoms with van der Waals surface area (Å²) in [7, 11) is 0. The van der Waals surface area contributed by atoms with Crippen molar-refractivity contribution >= 4 is 21.9 Å². The molecule has 0 fully saturated rings. The van der Waals surface area contributed by atoms with E-state index in [0.717, 1.165) is 22.9 Å². The Bertz CT molecular complexity index is 1110. The molecule has 0 saturated heterocycles. The Morgan fingerprint density at radius 3 is 1.87 bits per heavy atom. The number of hydrogen-bond donors (Lipinski definition) is 0. The predicted octanol–water partition coefficient (Wildman–Crippen LogP) is 10.3. The monoisotopic (exact) mass is 592 g/mol. The van der Waals surface area contributed by atoms with Crippen molar-refractivity contribution in [2.24, 2.45) is 0 Å². The van der Waals surface area contributed by atoms with Gasteiger partial charge in [0.15, 0.2) is 5.82 Å². The molecule has 0 aliphatic heterocycles. The van der Waals surface area contributed by atoms with E-state index in [1.54, 1.807) is 12.1 Å². The first kappa shape index (κ1) is 31.0. The predicted molar refractivity (Wildman–Crippen MR) is 165 cm³/mol. The lowest BCUT2D eigenvalue weighted by molar-refractivity contribution is 0.0734. The van der Waals surface area contributed by atoms with Gasteiger partial charge in [0.2, 0.25) is 0 Å². The highest BCUT2D eigenvalue weighted by molar-refractivity contribution is 9.10. The maximum absolute atomic E-state index is 12.7. The standard InChI is InChI=1S/C34H45BrN2O2/c1-3-5-7-9-11-12-14-16-27-25-36-33(37-26-27)29-20-22-31(23-21-29)39-34(38)30-19-18-28(32(35)24-30)17-15-13-10-8-6-4-2/h18-26H,3-17H2,1-2H3. The second-order valence-corrected chi connectivity index (χ2v) is 11.4. The molecule has 0 N–H and O–H groups in total. The summed E-state index contributed by atoms with van der Waals surface area (Å²) in [6, 6.07) is 13.1. The van der Waals surface area contributed by atoms with Crippen LogP contribution in [-0.2, 0) is 12.8 Å². The van der Waals surface area contributed by atoms with Crippen molar-refractivity contribution in [1.29, 1.82) is 0 Å². The van der Waals surface area contributed by atoms with Crippen LogP contribution in [-0.4, -0.2) is 15.9 Å². The molecule has 4 nitrogen and oxygen atoms in total. The van der Waals surface area contributed by atoms with Crippen LogP contribution < -0.4 is 4.74 Å². The number of ether oxygens (including phenoxy) is 1. The number of halogens is 1. The molecule has 3 rings (SSSR count). The second kappa shape index (κ2) is 17.9. The molecule has 1 heterocycles. The minimum atomic E-state index is -0.361. The third-order valence-electron chi connectivity index (χ3n) is 7.19. The van der Waals surface area contributed by atoms with Crippen molar-refractivity contribution in [1.82, 2.24) is 9.97 Å². The Hall–Kier alpha value is -2.53. The van der Waals surface area contributed by atoms with Crippen molar-refractivity contribution < 1.29 is 9.53 Å². The van der Waals surface area contributed by atoms with Gasteiger partial charge in [0, 0.05) is 22.4 Å². The Kier molecular flexibility index (Phi) is 14.3. The summed E-state index contributed by atoms with van der Waals surface area (Å²) in [5, 5.41) is 0. The van der Waals surface area contributed by atoms with Crippen molar-refractivity contribution in [3.05, 3.63) is 76.0 Å². The molecular weight excluding hydrogens is 548 g/mol. The van der Waals surface area contributed by atoms with Gasteiger partial charge in [-0.15, -0.1) is 0 Å². The Morgan fingerprint density at radius 2 is 1.28 bits per heavy atom. The fraction of sp³-hybridized carbons (Fsp3) is 0.500. The van der Waals surface area contributed by atoms with Gasteiger partial charge in [0.1, 0.15) is 5.75 Å². The largest absolute Gasteiger partial charge is 0.423 e. The third kappa shape index (κ3) is 11.2. The molecular formula is C34H45BrN2O2. The molecule has 0 bridgehead atoms. The van der Waals surface area contributed by atoms with Gasteiger partial charge in [0.25, 0.3) is 0 Å². The first-order chi connectivity index (χ1) is 19.1. The van der Waals surface area contributed by atoms with Gasteiger partial charge in [-0.1, -0.05) is 106 Å². The molecule has 1 aromatic heterocycles. The van der Waals surface area contributed by atoms with Gasteiger partial charge in [-0.3, -0.25) is 0 Å². The van der Waals surface area contributed by atoms with Gasteiger partial charge in [-0.2, -0.15) is 0 Å². The number of benzene rings is 2. The second-order valence-electron chi connectivity index (χ2n) is 10.5. The van der Waals surface area contributed by atoms with Crippen molar-refractivity contribution in [3.63, 3.8) is 0 Å². The molecule has 0 atom stereocenters. The normalized spacial score (nSPS) is 11.1. The highest BCUT2D eigenvalue weighted by Gasteiger charge is 2.12. The average molecular weight is 594 g/mol. The van der Waals surface area contributed by atoms with Gasteiger partial charge in [0.05, 0.1) is 5.56 Å². The molecule has 3 aromatic rings. The summed E-state index contributed by atoms with van der Waals surface area (Å²) in [5.41, 5.74) is 3.86. The number of unbranched alkanes of at least 4 members (excludes halogenated alkanes) is 11. The molecule has 0 amide bonds. The minimum Gasteiger partial charge on any atom is -0.423 e. The van der Waals surface area contributed by atoms with E-state index in [1.165, 1.54) is 94.6 Å². The SMILES string of the molecule is CCCCCCCCCc1cnc(-c2ccc(OC(=O)c3ccc(CCCCCCCC)c(Br)c3)cc2)nc1. The summed E-state index contributed by atoms with van der Waals surface area (Å²) in [6.07, 6.45) is 22.7. The van der Waals surface area contributed by atoms with Crippen LogP contribution in [0.15, 0.2) is 59.3 Å². The van der Waals surface area contributed by atoms with E-state index < -0.39 is 0 Å². The van der Waals surface area contributed by atoms with Gasteiger partial charge >= 0.3 is 5.97 Å². The maximum Gasteiger partial charge on any atom is 0.343 e. The number of rotatable bonds is 18. The van der Waals surface area contributed by atoms with Gasteiger partial charge in [-0.05, 0) is 73.2 Å². The van der Waals surface area contributed by atoms with Crippen LogP contribution in [0, 0.1) is 0 Å². The molecule has 0 aliphatic rings. The maximum atomic E-state index is 12.7. The van der Waals surface area contributed by atoms with E-state index in [0.29, 0.717) is 17.1 Å². The number of aromatic nitrogens is 2. The molecule has 210 valence electrons. The van der Waals surface area contributed by atoms with Crippen molar-refractivity contribution in [3.8, 4) is 17.1 Å². The fourth-order valence-corrected chi connectivity index (χ4v) is 5.31. The zero-order chi connectivity index (χ0) is 27.7. The van der Waals surface area contributed by atoms with Crippen LogP contribution in [0.2, 0.25) is 0 Å². The molecule has 5 heteroatoms. The summed E-state index contributed by atoms with van der Waals surface area (Å²) < 4.78 is 6.59. The minimum absolute atomic E-state index is 0.361. The zero-order valence-electron chi connectivity index (χ0n) is 23.9. The van der Waals surface area contributed by atoms with Crippen LogP contribution in [0.25, 0.3) is 11.4 Å². The quantitative estimate of drug-likeness (QED) is 0.0837. The first-order valence-corrected chi connectivity index (χ1v) is 15.8. The van der Waals surface area contributed by atoms with E-state index in [1.807, 2.05) is 42.7 Å². The molecule has 0 aliphatic carbocycles. The topological polar surface area (TPSA) is 52.1 Å². The van der Waals surface area contributed by atoms with E-state index >= 15 is 0 Å². The number of carbonyl (C=O) groups is 1. The molecule has 0 saturated carbocycles. The first-order valence-electron chi connectivity index (χ1n) is 15.0. The zero-order valence-corrected chi connectivity index (χ0v) is 25.5. The van der Waals surface area contributed by atoms with Crippen LogP contribution in [0.1, 0.15) is 119 Å². The van der Waals surface area contributed by atoms with E-state index in [9.17, 15) is 4.79 Å². The number of carbonyl (C=O) groups excluding carboxylic acids is 1. The van der Waals surface area contributed by atoms with E-state index in [-0.39, 0.29) is 5.97 Å². The third-order valence-corrected chi connectivity index (χ3v) is 7.92. The van der Waals surface area contributed by atoms with E-state index in [4.69, 9.17) is 4.74 Å². The summed E-state index contributed by atoms with van der Waals surface area (Å²) in [4.78, 5) is 21.9. The molecule has 39 heavy (non-hydrogen) atoms. The number of hydrogen-bond acceptors (Lipinski definition) is 4. The lowest BCUT2D eigenvalue weighted by Gasteiger charge is -2.09. The van der Waals surface area contributed by atoms with E-state index in [2.05, 4.69) is 39.7 Å². The van der Waals surface area contributed by atoms with Gasteiger partial charge in [-0.25, -0.2) is 14.8 Å². The van der Waals surface area contributed by atoms with Crippen LogP contribution in [0.5, 0.6) is 5.75 Å². The lowest BCUT2D eigenvalue weighted by atomic mass is 10.0. The fourth-order valence-electron chi connectivity index (χ4n) is 4.73. The number of nitrogens with zero attached hydrogens (tertiary/aromatic N) is 2. The Labute approximate surface area is 244 Å². The highest BCUT2D eigenvalue weighted by Crippen LogP contribution is 2.24. The van der Waals surface area contributed by atoms with Crippen molar-refractivity contribution in [2.45, 2.75) is 110 Å². The molecule has 0 unspecified atom stereocenters. The Morgan fingerprint density at radius 1 is 0.718 bits per heavy atom. The van der Waals surface area contributed by atoms with Crippen LogP contribution >= 0.6 is 15.9 Å². The summed E-state index contributed by atoms with van der Waals surface area (Å²) in [6.45, 7) is 4.49. The smallest absolute Gasteiger partial charge is 0.343 e. The van der Waals surface area contributed by atoms with Gasteiger partial charge < -0.3 is 4.74 Å². The molecule has 0 spiro atoms. The van der Waals surface area contributed by atoms with Crippen LogP contribution in [0.3, 0.4) is 0 Å². The lowest BCUT2D eigenvalue weighted by Crippen LogP contribution is -2.08. The highest BCUT2D eigenvalue weighted by atomic mass is 79.9. The summed E-state index contributed by atoms with van der Waals surface area (Å²) in [5.74, 6) is 0.827. The summed E-state index contributed by atoms with van der Waals surface area (Å²) >= 11 is 3.64. The Balaban J connectivity index is 1.44. The van der Waals surface area contributed by atoms with Crippen LogP contribution in [0.4, 0.5) is 0 Å². The molecule has 0 radical (unpaired) electrons.